The second-order valence-electron chi connectivity index (χ2n) is 27.1. The first-order valence-electron chi connectivity index (χ1n) is 36.1. The minimum atomic E-state index is -2.04. The van der Waals surface area contributed by atoms with E-state index in [0.29, 0.717) is 5.69 Å². The molecule has 0 saturated carbocycles. The van der Waals surface area contributed by atoms with Crippen molar-refractivity contribution in [3.8, 4) is 0 Å². The van der Waals surface area contributed by atoms with Gasteiger partial charge in [-0.15, -0.1) is 0 Å². The van der Waals surface area contributed by atoms with Crippen LogP contribution in [0.2, 0.25) is 0 Å². The van der Waals surface area contributed by atoms with Gasteiger partial charge in [0.1, 0.15) is 90.6 Å². The molecule has 2 aromatic rings. The number of thiol groups is 4. The van der Waals surface area contributed by atoms with Crippen LogP contribution in [0.25, 0.3) is 0 Å². The van der Waals surface area contributed by atoms with Gasteiger partial charge in [0.2, 0.25) is 94.5 Å². The molecular formula is C66H101N21O23S4. The lowest BCUT2D eigenvalue weighted by molar-refractivity contribution is -0.144. The highest BCUT2D eigenvalue weighted by molar-refractivity contribution is 7.80. The summed E-state index contributed by atoms with van der Waals surface area (Å²) in [6.45, 7) is 5.63. The number of rotatable bonds is 48. The number of carboxylic acid groups (broad SMARTS) is 3. The number of nitrogens with two attached hydrogens (primary N) is 2. The molecule has 2 aliphatic rings. The van der Waals surface area contributed by atoms with Crippen LogP contribution in [0.3, 0.4) is 0 Å². The van der Waals surface area contributed by atoms with E-state index in [-0.39, 0.29) is 74.6 Å². The van der Waals surface area contributed by atoms with E-state index in [1.54, 1.807) is 13.8 Å². The van der Waals surface area contributed by atoms with Crippen LogP contribution in [0.1, 0.15) is 104 Å². The lowest BCUT2D eigenvalue weighted by Crippen LogP contribution is -2.62. The monoisotopic (exact) mass is 1680 g/mol. The summed E-state index contributed by atoms with van der Waals surface area (Å²) in [6.07, 6.45) is 1.87. The molecule has 2 fully saturated rings. The van der Waals surface area contributed by atoms with Crippen LogP contribution in [-0.2, 0) is 104 Å². The van der Waals surface area contributed by atoms with Crippen LogP contribution in [0.15, 0.2) is 25.0 Å². The van der Waals surface area contributed by atoms with Crippen molar-refractivity contribution in [3.63, 3.8) is 0 Å². The molecule has 44 nitrogen and oxygen atoms in total. The van der Waals surface area contributed by atoms with Crippen LogP contribution in [0.5, 0.6) is 0 Å². The van der Waals surface area contributed by atoms with Crippen molar-refractivity contribution in [1.29, 1.82) is 0 Å². The maximum Gasteiger partial charge on any atom is 0.327 e. The number of likely N-dealkylation sites (tertiary alicyclic amines) is 2. The summed E-state index contributed by atoms with van der Waals surface area (Å²) in [6, 6.07) is -23.5. The molecule has 0 aliphatic carbocycles. The smallest absolute Gasteiger partial charge is 0.327 e. The summed E-state index contributed by atoms with van der Waals surface area (Å²) < 4.78 is 0. The zero-order valence-electron chi connectivity index (χ0n) is 62.8. The molecule has 23 N–H and O–H groups in total. The normalized spacial score (nSPS) is 17.5. The van der Waals surface area contributed by atoms with Gasteiger partial charge in [-0.2, -0.15) is 50.5 Å². The molecule has 16 amide bonds. The van der Waals surface area contributed by atoms with Crippen molar-refractivity contribution in [2.45, 2.75) is 196 Å². The third-order valence-corrected chi connectivity index (χ3v) is 19.7. The van der Waals surface area contributed by atoms with Gasteiger partial charge in [-0.1, -0.05) is 34.1 Å². The number of nitrogens with one attached hydrogen (secondary N) is 15. The van der Waals surface area contributed by atoms with Gasteiger partial charge in [0, 0.05) is 79.1 Å². The largest absolute Gasteiger partial charge is 0.481 e. The molecule has 16 atom stereocenters. The third-order valence-electron chi connectivity index (χ3n) is 18.2. The number of nitrogens with zero attached hydrogens (tertiary/aromatic N) is 4. The van der Waals surface area contributed by atoms with Gasteiger partial charge in [-0.25, -0.2) is 14.8 Å². The van der Waals surface area contributed by atoms with Gasteiger partial charge in [0.15, 0.2) is 0 Å². The average molecular weight is 1680 g/mol. The Morgan fingerprint density at radius 3 is 1.31 bits per heavy atom. The summed E-state index contributed by atoms with van der Waals surface area (Å²) in [5, 5.41) is 70.3. The molecule has 2 aromatic heterocycles. The number of carbonyl (C=O) groups excluding carboxylic acids is 16. The first-order valence-corrected chi connectivity index (χ1v) is 38.6. The van der Waals surface area contributed by atoms with Crippen LogP contribution < -0.4 is 80.6 Å². The third kappa shape index (κ3) is 29.6. The second-order valence-corrected chi connectivity index (χ2v) is 28.6. The number of aromatic amines is 2. The Morgan fingerprint density at radius 2 is 0.877 bits per heavy atom. The van der Waals surface area contributed by atoms with Gasteiger partial charge >= 0.3 is 17.9 Å². The number of aliphatic carboxylic acids is 3. The Kier molecular flexibility index (Phi) is 39.9. The zero-order valence-corrected chi connectivity index (χ0v) is 66.4. The second kappa shape index (κ2) is 47.4. The first kappa shape index (κ1) is 96.0. The van der Waals surface area contributed by atoms with E-state index in [1.165, 1.54) is 45.8 Å². The van der Waals surface area contributed by atoms with Crippen LogP contribution in [0, 0.1) is 11.8 Å². The minimum absolute atomic E-state index is 0.0398. The van der Waals surface area contributed by atoms with Crippen molar-refractivity contribution in [3.05, 3.63) is 36.4 Å². The molecule has 4 heterocycles. The molecule has 0 spiro atoms. The molecule has 114 heavy (non-hydrogen) atoms. The quantitative estimate of drug-likeness (QED) is 0.0274. The molecule has 0 unspecified atom stereocenters. The van der Waals surface area contributed by atoms with E-state index >= 15 is 0 Å². The molecule has 0 radical (unpaired) electrons. The summed E-state index contributed by atoms with van der Waals surface area (Å²) in [5.74, 6) is -23.6. The summed E-state index contributed by atoms with van der Waals surface area (Å²) >= 11 is 16.3. The van der Waals surface area contributed by atoms with Crippen LogP contribution >= 0.6 is 50.5 Å². The van der Waals surface area contributed by atoms with E-state index in [4.69, 9.17) is 11.5 Å². The van der Waals surface area contributed by atoms with Crippen molar-refractivity contribution in [2.24, 2.45) is 23.3 Å². The Morgan fingerprint density at radius 1 is 0.482 bits per heavy atom. The Hall–Kier alpha value is -10.3. The van der Waals surface area contributed by atoms with E-state index < -0.39 is 266 Å². The number of aromatic nitrogens is 4. The van der Waals surface area contributed by atoms with Crippen LogP contribution in [-0.4, -0.2) is 302 Å². The molecule has 0 aromatic carbocycles. The number of primary amides is 1. The van der Waals surface area contributed by atoms with Crippen molar-refractivity contribution < 1.29 is 112 Å². The number of aliphatic hydroxyl groups excluding tert-OH is 1. The lowest BCUT2D eigenvalue weighted by Gasteiger charge is -2.31. The number of amides is 16. The van der Waals surface area contributed by atoms with E-state index in [2.05, 4.69) is 140 Å². The molecule has 4 rings (SSSR count). The highest BCUT2D eigenvalue weighted by Gasteiger charge is 2.44. The number of imidazole rings is 2. The number of hydrogen-bond acceptors (Lipinski definition) is 27. The predicted octanol–water partition coefficient (Wildman–Crippen LogP) is -9.11. The fraction of sp³-hybridized carbons (Fsp3) is 0.621. The maximum absolute atomic E-state index is 14.7. The summed E-state index contributed by atoms with van der Waals surface area (Å²) in [4.78, 5) is 271. The molecule has 48 heteroatoms. The fourth-order valence-corrected chi connectivity index (χ4v) is 12.8. The van der Waals surface area contributed by atoms with Crippen molar-refractivity contribution in [2.75, 3.05) is 49.3 Å². The number of hydrogen-bond donors (Lipinski definition) is 25. The Balaban J connectivity index is 1.47. The standard InChI is InChI=1S/C66H101N21O23S4/c1-6-30(4)51(63(106)83-43(26-114)66(109)110)85-53(96)34(11-12-48(91)92)75-61(104)45-10-8-14-87(45)64(107)37(15-32-20-69-27-71-32)78-54(97)36(18-49(93)94)77-62(105)50(29(2)3)84-55(98)35(17-46(68)89)76-58(101)41(24-112)81-52(95)31(5)73-60(103)44-9-7-13-86(44)65(108)38(16-33-21-70-28-72-33)79-56(99)39(22-88)80-59(102)42(25-113)82-57(100)40(23-111)74-47(90)19-67/h20-21,27-31,34-45,50-51,88,111-114H,6-19,22-26,67H2,1-5H3,(H2,68,89)(H,69,71)(H,70,72)(H,73,103)(H,74,90)(H,75,104)(H,76,101)(H,77,105)(H,78,97)(H,79,99)(H,80,102)(H,81,95)(H,82,100)(H,83,106)(H,84,98)(H,85,96)(H,91,92)(H,93,94)(H,109,110)/t30-,31-,34-,35-,36-,37-,38-,39-,40-,41-,42-,43-,44-,45-,50-,51-/m0/s1. The highest BCUT2D eigenvalue weighted by atomic mass is 32.1. The molecule has 0 bridgehead atoms. The molecular weight excluding hydrogens is 1580 g/mol. The van der Waals surface area contributed by atoms with E-state index in [1.807, 2.05) is 0 Å². The first-order chi connectivity index (χ1) is 53.9. The van der Waals surface area contributed by atoms with Gasteiger partial charge < -0.3 is 121 Å². The minimum Gasteiger partial charge on any atom is -0.481 e. The van der Waals surface area contributed by atoms with Crippen molar-refractivity contribution >= 4 is 163 Å². The Labute approximate surface area is 674 Å². The zero-order chi connectivity index (χ0) is 85.4. The molecule has 2 saturated heterocycles. The Bertz CT molecular complexity index is 3750. The number of H-pyrrole nitrogens is 2. The van der Waals surface area contributed by atoms with E-state index in [0.717, 1.165) is 9.80 Å². The summed E-state index contributed by atoms with van der Waals surface area (Å²) in [7, 11) is 0. The highest BCUT2D eigenvalue weighted by Crippen LogP contribution is 2.23. The van der Waals surface area contributed by atoms with Crippen LogP contribution in [0.4, 0.5) is 0 Å². The maximum atomic E-state index is 14.7. The van der Waals surface area contributed by atoms with Crippen molar-refractivity contribution in [1.82, 2.24) is 98.9 Å². The fourth-order valence-electron chi connectivity index (χ4n) is 11.8. The molecule has 632 valence electrons. The predicted molar refractivity (Wildman–Crippen MR) is 411 cm³/mol. The topological polar surface area (TPSA) is 678 Å². The van der Waals surface area contributed by atoms with Gasteiger partial charge in [-0.05, 0) is 50.9 Å². The molecule has 2 aliphatic heterocycles. The van der Waals surface area contributed by atoms with Gasteiger partial charge in [0.25, 0.3) is 0 Å². The average Bonchev–Trinajstić information content (AvgIpc) is 1.61. The van der Waals surface area contributed by atoms with Gasteiger partial charge in [0.05, 0.1) is 38.6 Å². The number of aliphatic hydroxyl groups is 1. The number of carbonyl (C=O) groups is 19. The SMILES string of the molecule is CC[C@H](C)[C@H](NC(=O)[C@H](CCC(=O)O)NC(=O)[C@@H]1CCCN1C(=O)[C@H](Cc1cnc[nH]1)NC(=O)[C@H](CC(=O)O)NC(=O)[C@@H](NC(=O)[C@H](CC(N)=O)NC(=O)[C@H](CS)NC(=O)[C@H](C)NC(=O)[C@@H]1CCCN1C(=O)[C@H](Cc1cnc[nH]1)NC(=O)[C@H](CO)NC(=O)[C@H](CS)NC(=O)[C@H](CS)NC(=O)CN)C(C)C)C(=O)N[C@@H](CS)C(=O)O. The number of carboxylic acids is 3. The lowest BCUT2D eigenvalue weighted by atomic mass is 9.97. The summed E-state index contributed by atoms with van der Waals surface area (Å²) in [5.41, 5.74) is 11.4. The van der Waals surface area contributed by atoms with Gasteiger partial charge in [-0.3, -0.25) is 86.3 Å². The van der Waals surface area contributed by atoms with E-state index in [9.17, 15) is 112 Å².